The number of nitrogens with one attached hydrogen (secondary N) is 2. The molecule has 0 bridgehead atoms. The molecule has 4 aromatic rings. The highest BCUT2D eigenvalue weighted by atomic mass is 16.3. The number of hydrogen-bond donors (Lipinski definition) is 2. The second-order valence-corrected chi connectivity index (χ2v) is 6.71. The van der Waals surface area contributed by atoms with E-state index in [1.165, 1.54) is 0 Å². The van der Waals surface area contributed by atoms with E-state index in [0.29, 0.717) is 18.2 Å². The predicted molar refractivity (Wildman–Crippen MR) is 111 cm³/mol. The molecule has 2 N–H and O–H groups in total. The SMILES string of the molecule is Cc1ccc(CNC(=O)c2cc(-c3cnc(Nc4ccccc4)nc3)cn2C)o1. The average Bonchev–Trinajstić information content (AvgIpc) is 3.33. The van der Waals surface area contributed by atoms with Gasteiger partial charge < -0.3 is 19.6 Å². The third-order valence-electron chi connectivity index (χ3n) is 4.47. The lowest BCUT2D eigenvalue weighted by Crippen LogP contribution is -2.24. The molecule has 3 heterocycles. The van der Waals surface area contributed by atoms with Crippen LogP contribution in [0.3, 0.4) is 0 Å². The highest BCUT2D eigenvalue weighted by Gasteiger charge is 2.14. The van der Waals surface area contributed by atoms with E-state index >= 15 is 0 Å². The van der Waals surface area contributed by atoms with Crippen molar-refractivity contribution in [1.82, 2.24) is 19.9 Å². The molecular weight excluding hydrogens is 366 g/mol. The highest BCUT2D eigenvalue weighted by Crippen LogP contribution is 2.22. The van der Waals surface area contributed by atoms with Crippen molar-refractivity contribution in [1.29, 1.82) is 0 Å². The first-order valence-corrected chi connectivity index (χ1v) is 9.23. The molecule has 0 radical (unpaired) electrons. The number of aromatic nitrogens is 3. The predicted octanol–water partition coefficient (Wildman–Crippen LogP) is 4.06. The van der Waals surface area contributed by atoms with Gasteiger partial charge in [0.15, 0.2) is 0 Å². The van der Waals surface area contributed by atoms with Gasteiger partial charge in [-0.2, -0.15) is 0 Å². The topological polar surface area (TPSA) is 85.0 Å². The number of nitrogens with zero attached hydrogens (tertiary/aromatic N) is 3. The van der Waals surface area contributed by atoms with Crippen LogP contribution < -0.4 is 10.6 Å². The lowest BCUT2D eigenvalue weighted by atomic mass is 10.2. The van der Waals surface area contributed by atoms with Crippen LogP contribution >= 0.6 is 0 Å². The summed E-state index contributed by atoms with van der Waals surface area (Å²) in [5, 5.41) is 6.03. The molecular formula is C22H21N5O2. The minimum atomic E-state index is -0.170. The second kappa shape index (κ2) is 8.02. The van der Waals surface area contributed by atoms with Crippen LogP contribution in [0.1, 0.15) is 22.0 Å². The van der Waals surface area contributed by atoms with Crippen LogP contribution in [-0.4, -0.2) is 20.4 Å². The van der Waals surface area contributed by atoms with Gasteiger partial charge in [0.1, 0.15) is 17.2 Å². The Morgan fingerprint density at radius 3 is 2.52 bits per heavy atom. The van der Waals surface area contributed by atoms with Crippen molar-refractivity contribution >= 4 is 17.5 Å². The number of para-hydroxylation sites is 1. The average molecular weight is 387 g/mol. The molecule has 1 amide bonds. The zero-order chi connectivity index (χ0) is 20.2. The number of furan rings is 1. The van der Waals surface area contributed by atoms with Gasteiger partial charge in [-0.05, 0) is 37.3 Å². The number of aryl methyl sites for hydroxylation is 2. The number of benzene rings is 1. The summed E-state index contributed by atoms with van der Waals surface area (Å²) in [7, 11) is 1.83. The van der Waals surface area contributed by atoms with Crippen LogP contribution in [0.2, 0.25) is 0 Å². The molecule has 0 saturated carbocycles. The zero-order valence-corrected chi connectivity index (χ0v) is 16.2. The summed E-state index contributed by atoms with van der Waals surface area (Å²) in [6, 6.07) is 15.3. The maximum Gasteiger partial charge on any atom is 0.268 e. The van der Waals surface area contributed by atoms with Crippen molar-refractivity contribution in [2.45, 2.75) is 13.5 Å². The minimum absolute atomic E-state index is 0.170. The van der Waals surface area contributed by atoms with Crippen LogP contribution in [0.5, 0.6) is 0 Å². The van der Waals surface area contributed by atoms with E-state index < -0.39 is 0 Å². The van der Waals surface area contributed by atoms with Gasteiger partial charge in [0.05, 0.1) is 6.54 Å². The van der Waals surface area contributed by atoms with Gasteiger partial charge in [-0.1, -0.05) is 18.2 Å². The molecule has 1 aromatic carbocycles. The molecule has 0 aliphatic carbocycles. The van der Waals surface area contributed by atoms with Gasteiger partial charge in [-0.15, -0.1) is 0 Å². The molecule has 0 spiro atoms. The van der Waals surface area contributed by atoms with Crippen molar-refractivity contribution in [3.8, 4) is 11.1 Å². The minimum Gasteiger partial charge on any atom is -0.465 e. The number of amides is 1. The maximum absolute atomic E-state index is 12.5. The summed E-state index contributed by atoms with van der Waals surface area (Å²) in [5.41, 5.74) is 3.18. The number of hydrogen-bond acceptors (Lipinski definition) is 5. The largest absolute Gasteiger partial charge is 0.465 e. The number of carbonyl (C=O) groups is 1. The third-order valence-corrected chi connectivity index (χ3v) is 4.47. The van der Waals surface area contributed by atoms with Crippen LogP contribution in [0.4, 0.5) is 11.6 Å². The molecule has 7 nitrogen and oxygen atoms in total. The highest BCUT2D eigenvalue weighted by molar-refractivity contribution is 5.94. The quantitative estimate of drug-likeness (QED) is 0.521. The summed E-state index contributed by atoms with van der Waals surface area (Å²) in [5.74, 6) is 1.89. The molecule has 0 atom stereocenters. The van der Waals surface area contributed by atoms with Crippen molar-refractivity contribution in [3.05, 3.63) is 84.3 Å². The number of rotatable bonds is 6. The van der Waals surface area contributed by atoms with Gasteiger partial charge in [0.25, 0.3) is 5.91 Å². The molecule has 0 fully saturated rings. The molecule has 0 aliphatic rings. The molecule has 7 heteroatoms. The molecule has 0 unspecified atom stereocenters. The van der Waals surface area contributed by atoms with E-state index in [4.69, 9.17) is 4.42 Å². The van der Waals surface area contributed by atoms with Crippen LogP contribution in [0.15, 0.2) is 71.5 Å². The van der Waals surface area contributed by atoms with Crippen molar-refractivity contribution < 1.29 is 9.21 Å². The molecule has 29 heavy (non-hydrogen) atoms. The first kappa shape index (κ1) is 18.5. The van der Waals surface area contributed by atoms with Gasteiger partial charge in [-0.3, -0.25) is 4.79 Å². The van der Waals surface area contributed by atoms with Gasteiger partial charge in [0, 0.05) is 42.5 Å². The Morgan fingerprint density at radius 1 is 1.07 bits per heavy atom. The van der Waals surface area contributed by atoms with E-state index in [9.17, 15) is 4.79 Å². The Labute approximate surface area is 168 Å². The summed E-state index contributed by atoms with van der Waals surface area (Å²) in [4.78, 5) is 21.3. The molecule has 4 rings (SSSR count). The Morgan fingerprint density at radius 2 is 1.83 bits per heavy atom. The van der Waals surface area contributed by atoms with Crippen molar-refractivity contribution in [2.75, 3.05) is 5.32 Å². The van der Waals surface area contributed by atoms with Gasteiger partial charge >= 0.3 is 0 Å². The maximum atomic E-state index is 12.5. The first-order chi connectivity index (χ1) is 14.1. The van der Waals surface area contributed by atoms with Crippen LogP contribution in [-0.2, 0) is 13.6 Å². The van der Waals surface area contributed by atoms with Gasteiger partial charge in [0.2, 0.25) is 5.95 Å². The number of anilines is 2. The Bertz CT molecular complexity index is 1110. The fourth-order valence-electron chi connectivity index (χ4n) is 2.98. The summed E-state index contributed by atoms with van der Waals surface area (Å²) < 4.78 is 7.27. The Kier molecular flexibility index (Phi) is 5.11. The van der Waals surface area contributed by atoms with E-state index in [0.717, 1.165) is 28.3 Å². The number of carbonyl (C=O) groups excluding carboxylic acids is 1. The first-order valence-electron chi connectivity index (χ1n) is 9.23. The summed E-state index contributed by atoms with van der Waals surface area (Å²) in [6.07, 6.45) is 5.36. The molecule has 0 aliphatic heterocycles. The Hall–Kier alpha value is -3.87. The third kappa shape index (κ3) is 4.35. The van der Waals surface area contributed by atoms with E-state index in [1.54, 1.807) is 17.0 Å². The van der Waals surface area contributed by atoms with E-state index in [1.807, 2.05) is 68.7 Å². The summed E-state index contributed by atoms with van der Waals surface area (Å²) >= 11 is 0. The lowest BCUT2D eigenvalue weighted by Gasteiger charge is -2.04. The zero-order valence-electron chi connectivity index (χ0n) is 16.2. The molecule has 3 aromatic heterocycles. The van der Waals surface area contributed by atoms with Crippen LogP contribution in [0, 0.1) is 6.92 Å². The normalized spacial score (nSPS) is 10.7. The van der Waals surface area contributed by atoms with Gasteiger partial charge in [-0.25, -0.2) is 9.97 Å². The fraction of sp³-hybridized carbons (Fsp3) is 0.136. The van der Waals surface area contributed by atoms with Crippen LogP contribution in [0.25, 0.3) is 11.1 Å². The fourth-order valence-corrected chi connectivity index (χ4v) is 2.98. The molecule has 146 valence electrons. The van der Waals surface area contributed by atoms with Crippen molar-refractivity contribution in [2.24, 2.45) is 7.05 Å². The smallest absolute Gasteiger partial charge is 0.268 e. The lowest BCUT2D eigenvalue weighted by molar-refractivity contribution is 0.0939. The van der Waals surface area contributed by atoms with Crippen molar-refractivity contribution in [3.63, 3.8) is 0 Å². The van der Waals surface area contributed by atoms with E-state index in [-0.39, 0.29) is 5.91 Å². The monoisotopic (exact) mass is 387 g/mol. The molecule has 0 saturated heterocycles. The standard InChI is InChI=1S/C22H21N5O2/c1-15-8-9-19(29-15)13-23-21(28)20-10-16(14-27(20)2)17-11-24-22(25-12-17)26-18-6-4-3-5-7-18/h3-12,14H,13H2,1-2H3,(H,23,28)(H,24,25,26). The second-order valence-electron chi connectivity index (χ2n) is 6.71. The van der Waals surface area contributed by atoms with E-state index in [2.05, 4.69) is 20.6 Å². The summed E-state index contributed by atoms with van der Waals surface area (Å²) in [6.45, 7) is 2.22. The Balaban J connectivity index is 1.44.